The Morgan fingerprint density at radius 2 is 1.79 bits per heavy atom. The van der Waals surface area contributed by atoms with Crippen molar-refractivity contribution < 1.29 is 9.18 Å². The van der Waals surface area contributed by atoms with Crippen molar-refractivity contribution in [3.63, 3.8) is 0 Å². The van der Waals surface area contributed by atoms with E-state index in [-0.39, 0.29) is 11.7 Å². The van der Waals surface area contributed by atoms with Gasteiger partial charge < -0.3 is 10.3 Å². The van der Waals surface area contributed by atoms with Gasteiger partial charge in [-0.2, -0.15) is 5.10 Å². The minimum absolute atomic E-state index is 0.0955. The Balaban J connectivity index is 1.39. The molecule has 8 nitrogen and oxygen atoms in total. The van der Waals surface area contributed by atoms with Crippen LogP contribution in [-0.4, -0.2) is 36.0 Å². The van der Waals surface area contributed by atoms with Gasteiger partial charge in [-0.05, 0) is 35.9 Å². The van der Waals surface area contributed by atoms with E-state index in [0.717, 1.165) is 38.6 Å². The van der Waals surface area contributed by atoms with Crippen LogP contribution >= 0.6 is 0 Å². The molecule has 0 aliphatic carbocycles. The lowest BCUT2D eigenvalue weighted by Crippen LogP contribution is -2.27. The number of fused-ring (bicyclic) bond motifs is 2. The number of anilines is 1. The van der Waals surface area contributed by atoms with E-state index in [1.54, 1.807) is 30.7 Å². The van der Waals surface area contributed by atoms with Crippen molar-refractivity contribution >= 4 is 33.5 Å². The smallest absolute Gasteiger partial charge is 0.229 e. The summed E-state index contributed by atoms with van der Waals surface area (Å²) >= 11 is 0. The van der Waals surface area contributed by atoms with E-state index in [1.807, 2.05) is 51.1 Å². The summed E-state index contributed by atoms with van der Waals surface area (Å²) in [6.45, 7) is 5.57. The number of imidazole rings is 1. The molecule has 0 fully saturated rings. The van der Waals surface area contributed by atoms with Crippen LogP contribution in [0.3, 0.4) is 0 Å². The lowest BCUT2D eigenvalue weighted by molar-refractivity contribution is -0.123. The fourth-order valence-corrected chi connectivity index (χ4v) is 4.24. The van der Waals surface area contributed by atoms with Gasteiger partial charge in [-0.25, -0.2) is 9.37 Å². The van der Waals surface area contributed by atoms with Crippen molar-refractivity contribution in [2.45, 2.75) is 20.8 Å². The number of hydrogen-bond acceptors (Lipinski definition) is 5. The minimum Gasteiger partial charge on any atom is -0.336 e. The van der Waals surface area contributed by atoms with Gasteiger partial charge in [0, 0.05) is 28.1 Å². The van der Waals surface area contributed by atoms with Crippen LogP contribution < -0.4 is 5.32 Å². The second kappa shape index (κ2) is 8.88. The fourth-order valence-electron chi connectivity index (χ4n) is 4.24. The highest BCUT2D eigenvalue weighted by atomic mass is 19.1. The van der Waals surface area contributed by atoms with E-state index in [1.165, 1.54) is 12.1 Å². The lowest BCUT2D eigenvalue weighted by atomic mass is 9.95. The van der Waals surface area contributed by atoms with Crippen LogP contribution in [0.25, 0.3) is 55.8 Å². The number of para-hydroxylation sites is 1. The van der Waals surface area contributed by atoms with Gasteiger partial charge in [0.25, 0.3) is 0 Å². The monoisotopic (exact) mass is 505 g/mol. The molecule has 0 atom stereocenters. The molecule has 9 heteroatoms. The first kappa shape index (κ1) is 23.5. The van der Waals surface area contributed by atoms with Crippen LogP contribution in [0.5, 0.6) is 0 Å². The molecule has 0 bridgehead atoms. The fraction of sp³-hybridized carbons (Fsp3) is 0.138. The molecule has 0 aliphatic heterocycles. The summed E-state index contributed by atoms with van der Waals surface area (Å²) in [5, 5.41) is 11.3. The van der Waals surface area contributed by atoms with Gasteiger partial charge in [-0.15, -0.1) is 0 Å². The van der Waals surface area contributed by atoms with Crippen molar-refractivity contribution in [2.24, 2.45) is 5.41 Å². The Kier molecular flexibility index (Phi) is 5.48. The third kappa shape index (κ3) is 4.28. The molecule has 3 N–H and O–H groups in total. The average molecular weight is 506 g/mol. The molecule has 188 valence electrons. The summed E-state index contributed by atoms with van der Waals surface area (Å²) < 4.78 is 13.5. The summed E-state index contributed by atoms with van der Waals surface area (Å²) in [6, 6.07) is 16.0. The first-order valence-corrected chi connectivity index (χ1v) is 12.1. The molecule has 6 aromatic rings. The number of hydrogen-bond donors (Lipinski definition) is 3. The van der Waals surface area contributed by atoms with E-state index >= 15 is 0 Å². The molecule has 38 heavy (non-hydrogen) atoms. The van der Waals surface area contributed by atoms with E-state index in [2.05, 4.69) is 30.5 Å². The average Bonchev–Trinajstić information content (AvgIpc) is 3.52. The van der Waals surface area contributed by atoms with E-state index in [4.69, 9.17) is 4.98 Å². The number of halogens is 1. The summed E-state index contributed by atoms with van der Waals surface area (Å²) in [7, 11) is 0. The van der Waals surface area contributed by atoms with Crippen LogP contribution in [0.1, 0.15) is 20.8 Å². The SMILES string of the molecule is CC(C)(C)C(=O)Nc1cncc(-c2cc3c(-c4nc5cccc(-c6ccc(F)cc6)c5[nH]4)n[nH]c3cn2)c1. The van der Waals surface area contributed by atoms with Gasteiger partial charge >= 0.3 is 0 Å². The summed E-state index contributed by atoms with van der Waals surface area (Å²) in [5.74, 6) is 0.222. The highest BCUT2D eigenvalue weighted by Crippen LogP contribution is 2.33. The van der Waals surface area contributed by atoms with Crippen molar-refractivity contribution in [1.29, 1.82) is 0 Å². The van der Waals surface area contributed by atoms with E-state index in [0.29, 0.717) is 22.9 Å². The molecule has 0 saturated carbocycles. The maximum absolute atomic E-state index is 13.5. The molecule has 2 aromatic carbocycles. The first-order valence-electron chi connectivity index (χ1n) is 12.1. The number of rotatable bonds is 4. The Hall–Kier alpha value is -4.92. The molecule has 0 radical (unpaired) electrons. The molecular weight excluding hydrogens is 481 g/mol. The molecular formula is C29H24FN7O. The van der Waals surface area contributed by atoms with Crippen molar-refractivity contribution in [2.75, 3.05) is 5.32 Å². The number of carbonyl (C=O) groups is 1. The second-order valence-corrected chi connectivity index (χ2v) is 10.1. The van der Waals surface area contributed by atoms with Crippen LogP contribution in [0.4, 0.5) is 10.1 Å². The second-order valence-electron chi connectivity index (χ2n) is 10.1. The van der Waals surface area contributed by atoms with Gasteiger partial charge in [0.2, 0.25) is 5.91 Å². The quantitative estimate of drug-likeness (QED) is 0.258. The van der Waals surface area contributed by atoms with Gasteiger partial charge in [0.15, 0.2) is 5.82 Å². The number of benzene rings is 2. The molecule has 0 aliphatic rings. The van der Waals surface area contributed by atoms with Gasteiger partial charge in [0.05, 0.1) is 40.3 Å². The predicted molar refractivity (Wildman–Crippen MR) is 146 cm³/mol. The Labute approximate surface area is 217 Å². The lowest BCUT2D eigenvalue weighted by Gasteiger charge is -2.17. The van der Waals surface area contributed by atoms with Gasteiger partial charge in [-0.3, -0.25) is 19.9 Å². The van der Waals surface area contributed by atoms with Gasteiger partial charge in [0.1, 0.15) is 11.5 Å². The normalized spacial score (nSPS) is 11.8. The van der Waals surface area contributed by atoms with Crippen molar-refractivity contribution in [1.82, 2.24) is 30.1 Å². The number of pyridine rings is 2. The standard InChI is InChI=1S/C29H24FN7O/c1-29(2,3)28(38)33-19-11-17(13-31-14-19)23-12-21-24(15-32-23)36-37-26(21)27-34-22-6-4-5-20(25(22)35-27)16-7-9-18(30)10-8-16/h4-15H,1-3H3,(H,33,38)(H,34,35)(H,36,37). The summed E-state index contributed by atoms with van der Waals surface area (Å²) in [5.41, 5.74) is 6.34. The zero-order chi connectivity index (χ0) is 26.4. The number of aromatic amines is 2. The highest BCUT2D eigenvalue weighted by Gasteiger charge is 2.21. The zero-order valence-corrected chi connectivity index (χ0v) is 21.0. The molecule has 0 spiro atoms. The number of aromatic nitrogens is 6. The number of nitrogens with one attached hydrogen (secondary N) is 3. The minimum atomic E-state index is -0.526. The molecule has 4 aromatic heterocycles. The number of carbonyl (C=O) groups excluding carboxylic acids is 1. The Morgan fingerprint density at radius 3 is 2.58 bits per heavy atom. The molecule has 0 unspecified atom stereocenters. The third-order valence-electron chi connectivity index (χ3n) is 6.32. The molecule has 6 rings (SSSR count). The molecule has 0 saturated heterocycles. The first-order chi connectivity index (χ1) is 18.3. The summed E-state index contributed by atoms with van der Waals surface area (Å²) in [6.07, 6.45) is 5.03. The maximum atomic E-state index is 13.5. The largest absolute Gasteiger partial charge is 0.336 e. The van der Waals surface area contributed by atoms with Crippen LogP contribution in [0, 0.1) is 11.2 Å². The summed E-state index contributed by atoms with van der Waals surface area (Å²) in [4.78, 5) is 29.5. The van der Waals surface area contributed by atoms with E-state index in [9.17, 15) is 9.18 Å². The molecule has 4 heterocycles. The predicted octanol–water partition coefficient (Wildman–Crippen LogP) is 6.35. The van der Waals surface area contributed by atoms with Crippen molar-refractivity contribution in [3.05, 3.63) is 79.0 Å². The van der Waals surface area contributed by atoms with Crippen LogP contribution in [-0.2, 0) is 4.79 Å². The zero-order valence-electron chi connectivity index (χ0n) is 21.0. The number of amides is 1. The Morgan fingerprint density at radius 1 is 0.974 bits per heavy atom. The maximum Gasteiger partial charge on any atom is 0.229 e. The Bertz CT molecular complexity index is 1810. The third-order valence-corrected chi connectivity index (χ3v) is 6.32. The molecule has 1 amide bonds. The van der Waals surface area contributed by atoms with Crippen LogP contribution in [0.15, 0.2) is 73.2 Å². The van der Waals surface area contributed by atoms with E-state index < -0.39 is 5.41 Å². The van der Waals surface area contributed by atoms with Gasteiger partial charge in [-0.1, -0.05) is 45.0 Å². The van der Waals surface area contributed by atoms with Crippen molar-refractivity contribution in [3.8, 4) is 33.9 Å². The number of H-pyrrole nitrogens is 2. The number of nitrogens with zero attached hydrogens (tertiary/aromatic N) is 4. The van der Waals surface area contributed by atoms with Crippen LogP contribution in [0.2, 0.25) is 0 Å². The highest BCUT2D eigenvalue weighted by molar-refractivity contribution is 5.98. The topological polar surface area (TPSA) is 112 Å².